The smallest absolute Gasteiger partial charge is 0.354 e. The van der Waals surface area contributed by atoms with Crippen molar-refractivity contribution in [3.63, 3.8) is 0 Å². The van der Waals surface area contributed by atoms with Crippen LogP contribution in [0.1, 0.15) is 58.0 Å². The predicted molar refractivity (Wildman–Crippen MR) is 139 cm³/mol. The van der Waals surface area contributed by atoms with E-state index in [9.17, 15) is 9.90 Å². The molecule has 0 saturated carbocycles. The highest BCUT2D eigenvalue weighted by atomic mass is 16.5. The summed E-state index contributed by atoms with van der Waals surface area (Å²) in [5, 5.41) is 18.3. The van der Waals surface area contributed by atoms with Crippen LogP contribution in [0.2, 0.25) is 0 Å². The van der Waals surface area contributed by atoms with Gasteiger partial charge in [-0.3, -0.25) is 0 Å². The number of pyridine rings is 2. The number of aromatic nitrogens is 4. The average Bonchev–Trinajstić information content (AvgIpc) is 3.22. The number of aromatic carboxylic acids is 1. The molecular formula is C29H27N5O3. The van der Waals surface area contributed by atoms with E-state index in [0.717, 1.165) is 48.3 Å². The van der Waals surface area contributed by atoms with Crippen LogP contribution in [0.15, 0.2) is 54.6 Å². The maximum Gasteiger partial charge on any atom is 0.354 e. The lowest BCUT2D eigenvalue weighted by Crippen LogP contribution is -2.12. The summed E-state index contributed by atoms with van der Waals surface area (Å²) in [6, 6.07) is 16.8. The zero-order chi connectivity index (χ0) is 25.9. The van der Waals surface area contributed by atoms with E-state index in [2.05, 4.69) is 17.1 Å². The van der Waals surface area contributed by atoms with Gasteiger partial charge >= 0.3 is 5.97 Å². The molecule has 8 heteroatoms. The number of fused-ring (bicyclic) bond motifs is 1. The molecule has 5 rings (SSSR count). The molecule has 1 aliphatic rings. The fraction of sp³-hybridized carbons (Fsp3) is 0.276. The normalized spacial score (nSPS) is 15.3. The number of carboxylic acid groups (broad SMARTS) is 1. The van der Waals surface area contributed by atoms with E-state index in [1.54, 1.807) is 12.1 Å². The van der Waals surface area contributed by atoms with Crippen molar-refractivity contribution in [1.82, 2.24) is 19.5 Å². The lowest BCUT2D eigenvalue weighted by Gasteiger charge is -2.21. The molecule has 186 valence electrons. The van der Waals surface area contributed by atoms with Gasteiger partial charge in [0.2, 0.25) is 5.88 Å². The molecule has 0 spiro atoms. The Kier molecular flexibility index (Phi) is 6.69. The summed E-state index contributed by atoms with van der Waals surface area (Å²) < 4.78 is 7.87. The minimum absolute atomic E-state index is 0.0260. The second kappa shape index (κ2) is 10.2. The van der Waals surface area contributed by atoms with Gasteiger partial charge in [-0.15, -0.1) is 0 Å². The van der Waals surface area contributed by atoms with Crippen LogP contribution in [0.3, 0.4) is 0 Å². The van der Waals surface area contributed by atoms with Gasteiger partial charge in [-0.2, -0.15) is 5.26 Å². The molecule has 1 aromatic carbocycles. The highest BCUT2D eigenvalue weighted by Gasteiger charge is 2.20. The standard InChI is InChI=1S/C29H27N5O3/c1-18-14-20(16-30)8-11-22(18)17-37-27-5-3-4-23(32-27)21-9-6-19(7-10-21)15-26-31-24-12-13-25(29(35)36)33-28(24)34(26)2/h3-5,8-9,11-14,19H,6-7,10,15,17H2,1-2H3,(H,35,36). The Labute approximate surface area is 214 Å². The number of hydrogen-bond acceptors (Lipinski definition) is 6. The predicted octanol–water partition coefficient (Wildman–Crippen LogP) is 5.25. The number of allylic oxidation sites excluding steroid dienone is 2. The van der Waals surface area contributed by atoms with Crippen molar-refractivity contribution in [3.05, 3.63) is 88.5 Å². The number of nitriles is 1. The number of rotatable bonds is 7. The molecule has 1 unspecified atom stereocenters. The van der Waals surface area contributed by atoms with E-state index in [-0.39, 0.29) is 5.69 Å². The number of imidazole rings is 1. The quantitative estimate of drug-likeness (QED) is 0.374. The molecule has 0 aliphatic heterocycles. The molecule has 3 aromatic heterocycles. The lowest BCUT2D eigenvalue weighted by atomic mass is 9.86. The Balaban J connectivity index is 1.24. The van der Waals surface area contributed by atoms with Crippen molar-refractivity contribution >= 4 is 22.7 Å². The number of carboxylic acids is 1. The number of nitrogens with zero attached hydrogens (tertiary/aromatic N) is 5. The average molecular weight is 494 g/mol. The molecule has 8 nitrogen and oxygen atoms in total. The van der Waals surface area contributed by atoms with E-state index in [1.807, 2.05) is 48.9 Å². The first-order valence-corrected chi connectivity index (χ1v) is 12.3. The fourth-order valence-corrected chi connectivity index (χ4v) is 4.73. The van der Waals surface area contributed by atoms with E-state index in [4.69, 9.17) is 20.0 Å². The SMILES string of the molecule is Cc1cc(C#N)ccc1COc1cccc(C2=CCC(Cc3nc4ccc(C(=O)O)nc4n3C)CC2)n1. The van der Waals surface area contributed by atoms with Crippen LogP contribution < -0.4 is 4.74 Å². The molecule has 0 amide bonds. The monoisotopic (exact) mass is 493 g/mol. The van der Waals surface area contributed by atoms with Crippen LogP contribution in [0.5, 0.6) is 5.88 Å². The summed E-state index contributed by atoms with van der Waals surface area (Å²) in [5.74, 6) is 0.898. The van der Waals surface area contributed by atoms with Crippen LogP contribution >= 0.6 is 0 Å². The number of hydrogen-bond donors (Lipinski definition) is 1. The van der Waals surface area contributed by atoms with Gasteiger partial charge < -0.3 is 14.4 Å². The first-order valence-electron chi connectivity index (χ1n) is 12.3. The van der Waals surface area contributed by atoms with Gasteiger partial charge in [-0.1, -0.05) is 18.2 Å². The molecule has 3 heterocycles. The summed E-state index contributed by atoms with van der Waals surface area (Å²) >= 11 is 0. The molecule has 0 saturated heterocycles. The van der Waals surface area contributed by atoms with Gasteiger partial charge in [0, 0.05) is 19.5 Å². The molecule has 0 bridgehead atoms. The first-order chi connectivity index (χ1) is 17.9. The van der Waals surface area contributed by atoms with Crippen LogP contribution in [-0.2, 0) is 20.1 Å². The number of carbonyl (C=O) groups is 1. The van der Waals surface area contributed by atoms with Gasteiger partial charge in [0.05, 0.1) is 17.3 Å². The molecule has 1 atom stereocenters. The molecule has 37 heavy (non-hydrogen) atoms. The van der Waals surface area contributed by atoms with Gasteiger partial charge in [0.25, 0.3) is 0 Å². The molecule has 0 radical (unpaired) electrons. The van der Waals surface area contributed by atoms with E-state index in [0.29, 0.717) is 35.1 Å². The molecule has 1 N–H and O–H groups in total. The topological polar surface area (TPSA) is 114 Å². The van der Waals surface area contributed by atoms with Gasteiger partial charge in [-0.25, -0.2) is 19.7 Å². The Hall–Kier alpha value is -4.51. The third kappa shape index (κ3) is 5.21. The molecule has 1 aliphatic carbocycles. The van der Waals surface area contributed by atoms with E-state index >= 15 is 0 Å². The first kappa shape index (κ1) is 24.2. The van der Waals surface area contributed by atoms with Crippen molar-refractivity contribution in [3.8, 4) is 11.9 Å². The number of benzene rings is 1. The summed E-state index contributed by atoms with van der Waals surface area (Å²) in [5.41, 5.74) is 6.18. The second-order valence-electron chi connectivity index (χ2n) is 9.41. The lowest BCUT2D eigenvalue weighted by molar-refractivity contribution is 0.0691. The summed E-state index contributed by atoms with van der Waals surface area (Å²) in [4.78, 5) is 24.9. The fourth-order valence-electron chi connectivity index (χ4n) is 4.73. The van der Waals surface area contributed by atoms with Crippen molar-refractivity contribution in [2.24, 2.45) is 13.0 Å². The van der Waals surface area contributed by atoms with Crippen LogP contribution in [-0.4, -0.2) is 30.6 Å². The third-order valence-corrected chi connectivity index (χ3v) is 6.92. The van der Waals surface area contributed by atoms with E-state index < -0.39 is 5.97 Å². The maximum atomic E-state index is 11.3. The Morgan fingerprint density at radius 3 is 2.78 bits per heavy atom. The maximum absolute atomic E-state index is 11.3. The van der Waals surface area contributed by atoms with Crippen LogP contribution in [0, 0.1) is 24.2 Å². The van der Waals surface area contributed by atoms with Gasteiger partial charge in [0.1, 0.15) is 17.9 Å². The summed E-state index contributed by atoms with van der Waals surface area (Å²) in [7, 11) is 1.89. The zero-order valence-corrected chi connectivity index (χ0v) is 20.8. The number of aryl methyl sites for hydroxylation is 2. The second-order valence-corrected chi connectivity index (χ2v) is 9.41. The Morgan fingerprint density at radius 2 is 2.05 bits per heavy atom. The van der Waals surface area contributed by atoms with E-state index in [1.165, 1.54) is 11.6 Å². The largest absolute Gasteiger partial charge is 0.477 e. The summed E-state index contributed by atoms with van der Waals surface area (Å²) in [6.45, 7) is 2.37. The van der Waals surface area contributed by atoms with Crippen molar-refractivity contribution in [2.75, 3.05) is 0 Å². The number of ether oxygens (including phenoxy) is 1. The highest BCUT2D eigenvalue weighted by Crippen LogP contribution is 2.32. The zero-order valence-electron chi connectivity index (χ0n) is 20.8. The molecule has 0 fully saturated rings. The van der Waals surface area contributed by atoms with Crippen molar-refractivity contribution in [1.29, 1.82) is 5.26 Å². The Morgan fingerprint density at radius 1 is 1.19 bits per heavy atom. The summed E-state index contributed by atoms with van der Waals surface area (Å²) in [6.07, 6.45) is 5.92. The van der Waals surface area contributed by atoms with Gasteiger partial charge in [-0.05, 0) is 79.1 Å². The molecule has 4 aromatic rings. The third-order valence-electron chi connectivity index (χ3n) is 6.92. The van der Waals surface area contributed by atoms with Crippen LogP contribution in [0.4, 0.5) is 0 Å². The van der Waals surface area contributed by atoms with Gasteiger partial charge in [0.15, 0.2) is 11.3 Å². The molecular weight excluding hydrogens is 466 g/mol. The highest BCUT2D eigenvalue weighted by molar-refractivity contribution is 5.88. The Bertz CT molecular complexity index is 1560. The van der Waals surface area contributed by atoms with Crippen molar-refractivity contribution in [2.45, 2.75) is 39.2 Å². The van der Waals surface area contributed by atoms with Crippen LogP contribution in [0.25, 0.3) is 16.7 Å². The minimum Gasteiger partial charge on any atom is -0.477 e. The van der Waals surface area contributed by atoms with Crippen molar-refractivity contribution < 1.29 is 14.6 Å². The minimum atomic E-state index is -1.04.